The van der Waals surface area contributed by atoms with E-state index in [1.54, 1.807) is 7.11 Å². The standard InChI is InChI=1S/C9H15N3O3/c1-3-6(15-2)4-12-5-7(10)8(13)11-9(12)14/h5-6H,3-4,10H2,1-2H3,(H,11,13,14). The number of H-pyrrole nitrogens is 1. The van der Waals surface area contributed by atoms with Gasteiger partial charge in [0.05, 0.1) is 12.6 Å². The van der Waals surface area contributed by atoms with E-state index in [9.17, 15) is 9.59 Å². The molecule has 0 bridgehead atoms. The average Bonchev–Trinajstić information content (AvgIpc) is 2.21. The Kier molecular flexibility index (Phi) is 3.68. The highest BCUT2D eigenvalue weighted by Gasteiger charge is 2.08. The molecule has 1 heterocycles. The van der Waals surface area contributed by atoms with Crippen molar-refractivity contribution in [3.63, 3.8) is 0 Å². The van der Waals surface area contributed by atoms with Crippen LogP contribution in [0.15, 0.2) is 15.8 Å². The number of rotatable bonds is 4. The second-order valence-electron chi connectivity index (χ2n) is 3.26. The predicted octanol–water partition coefficient (Wildman–Crippen LogP) is -0.456. The highest BCUT2D eigenvalue weighted by atomic mass is 16.5. The first-order valence-corrected chi connectivity index (χ1v) is 4.70. The zero-order chi connectivity index (χ0) is 11.4. The van der Waals surface area contributed by atoms with Crippen LogP contribution in [-0.2, 0) is 11.3 Å². The zero-order valence-electron chi connectivity index (χ0n) is 8.82. The lowest BCUT2D eigenvalue weighted by molar-refractivity contribution is 0.0834. The van der Waals surface area contributed by atoms with Crippen LogP contribution in [-0.4, -0.2) is 22.8 Å². The van der Waals surface area contributed by atoms with E-state index < -0.39 is 11.2 Å². The number of nitrogens with zero attached hydrogens (tertiary/aromatic N) is 1. The summed E-state index contributed by atoms with van der Waals surface area (Å²) < 4.78 is 6.48. The molecule has 0 radical (unpaired) electrons. The molecule has 0 aliphatic heterocycles. The van der Waals surface area contributed by atoms with Crippen molar-refractivity contribution in [2.45, 2.75) is 26.0 Å². The van der Waals surface area contributed by atoms with Gasteiger partial charge < -0.3 is 10.5 Å². The van der Waals surface area contributed by atoms with Crippen molar-refractivity contribution in [2.24, 2.45) is 0 Å². The highest BCUT2D eigenvalue weighted by molar-refractivity contribution is 5.30. The van der Waals surface area contributed by atoms with Gasteiger partial charge in [-0.25, -0.2) is 4.79 Å². The molecule has 1 rings (SSSR count). The molecule has 0 amide bonds. The van der Waals surface area contributed by atoms with E-state index in [4.69, 9.17) is 10.5 Å². The summed E-state index contributed by atoms with van der Waals surface area (Å²) in [5, 5.41) is 0. The number of methoxy groups -OCH3 is 1. The number of hydrogen-bond donors (Lipinski definition) is 2. The minimum atomic E-state index is -0.554. The lowest BCUT2D eigenvalue weighted by Gasteiger charge is -2.14. The van der Waals surface area contributed by atoms with Crippen molar-refractivity contribution in [1.82, 2.24) is 9.55 Å². The van der Waals surface area contributed by atoms with E-state index in [0.29, 0.717) is 6.54 Å². The molecule has 1 aromatic rings. The lowest BCUT2D eigenvalue weighted by Crippen LogP contribution is -2.34. The van der Waals surface area contributed by atoms with Crippen LogP contribution in [0.25, 0.3) is 0 Å². The Bertz CT molecular complexity index is 431. The van der Waals surface area contributed by atoms with Crippen LogP contribution in [0, 0.1) is 0 Å². The minimum absolute atomic E-state index is 0.0283. The van der Waals surface area contributed by atoms with E-state index in [0.717, 1.165) is 6.42 Å². The lowest BCUT2D eigenvalue weighted by atomic mass is 10.3. The fraction of sp³-hybridized carbons (Fsp3) is 0.556. The van der Waals surface area contributed by atoms with E-state index in [1.165, 1.54) is 10.8 Å². The van der Waals surface area contributed by atoms with Gasteiger partial charge in [-0.1, -0.05) is 6.92 Å². The molecular formula is C9H15N3O3. The van der Waals surface area contributed by atoms with E-state index in [1.807, 2.05) is 6.92 Å². The summed E-state index contributed by atoms with van der Waals surface area (Å²) in [6, 6.07) is 0. The van der Waals surface area contributed by atoms with Gasteiger partial charge in [0.15, 0.2) is 0 Å². The quantitative estimate of drug-likeness (QED) is 0.708. The van der Waals surface area contributed by atoms with Crippen LogP contribution < -0.4 is 17.0 Å². The van der Waals surface area contributed by atoms with E-state index in [-0.39, 0.29) is 11.8 Å². The normalized spacial score (nSPS) is 12.7. The van der Waals surface area contributed by atoms with Gasteiger partial charge in [0.1, 0.15) is 5.69 Å². The Labute approximate surface area is 86.7 Å². The first-order valence-electron chi connectivity index (χ1n) is 4.70. The first-order chi connectivity index (χ1) is 7.08. The zero-order valence-corrected chi connectivity index (χ0v) is 8.82. The van der Waals surface area contributed by atoms with Crippen LogP contribution in [0.5, 0.6) is 0 Å². The maximum absolute atomic E-state index is 11.4. The van der Waals surface area contributed by atoms with Crippen LogP contribution >= 0.6 is 0 Å². The van der Waals surface area contributed by atoms with Gasteiger partial charge in [-0.3, -0.25) is 14.3 Å². The van der Waals surface area contributed by atoms with Crippen molar-refractivity contribution in [1.29, 1.82) is 0 Å². The molecule has 0 aliphatic rings. The smallest absolute Gasteiger partial charge is 0.328 e. The highest BCUT2D eigenvalue weighted by Crippen LogP contribution is 1.99. The summed E-state index contributed by atoms with van der Waals surface area (Å²) in [5.41, 5.74) is 4.41. The molecule has 15 heavy (non-hydrogen) atoms. The molecule has 6 heteroatoms. The summed E-state index contributed by atoms with van der Waals surface area (Å²) in [7, 11) is 1.58. The van der Waals surface area contributed by atoms with Crippen LogP contribution in [0.1, 0.15) is 13.3 Å². The fourth-order valence-corrected chi connectivity index (χ4v) is 1.25. The molecular weight excluding hydrogens is 198 g/mol. The molecule has 0 aliphatic carbocycles. The largest absolute Gasteiger partial charge is 0.393 e. The average molecular weight is 213 g/mol. The van der Waals surface area contributed by atoms with Crippen molar-refractivity contribution in [3.05, 3.63) is 27.0 Å². The van der Waals surface area contributed by atoms with Gasteiger partial charge in [-0.15, -0.1) is 0 Å². The van der Waals surface area contributed by atoms with Gasteiger partial charge in [0.2, 0.25) is 0 Å². The SMILES string of the molecule is CCC(Cn1cc(N)c(=O)[nH]c1=O)OC. The van der Waals surface area contributed by atoms with Gasteiger partial charge in [0.25, 0.3) is 5.56 Å². The molecule has 0 spiro atoms. The summed E-state index contributed by atoms with van der Waals surface area (Å²) in [5.74, 6) is 0. The number of nitrogens with two attached hydrogens (primary N) is 1. The summed E-state index contributed by atoms with van der Waals surface area (Å²) >= 11 is 0. The maximum atomic E-state index is 11.4. The molecule has 0 saturated heterocycles. The van der Waals surface area contributed by atoms with Crippen LogP contribution in [0.4, 0.5) is 5.69 Å². The Morgan fingerprint density at radius 1 is 1.60 bits per heavy atom. The molecule has 1 aromatic heterocycles. The molecule has 0 aromatic carbocycles. The molecule has 84 valence electrons. The number of aromatic nitrogens is 2. The molecule has 1 atom stereocenters. The monoisotopic (exact) mass is 213 g/mol. The summed E-state index contributed by atoms with van der Waals surface area (Å²) in [6.07, 6.45) is 2.05. The number of hydrogen-bond acceptors (Lipinski definition) is 4. The first kappa shape index (κ1) is 11.5. The topological polar surface area (TPSA) is 90.1 Å². The number of nitrogen functional groups attached to an aromatic ring is 1. The predicted molar refractivity (Wildman–Crippen MR) is 56.8 cm³/mol. The summed E-state index contributed by atoms with van der Waals surface area (Å²) in [4.78, 5) is 24.5. The Balaban J connectivity index is 3.00. The molecule has 6 nitrogen and oxygen atoms in total. The summed E-state index contributed by atoms with van der Waals surface area (Å²) in [6.45, 7) is 2.33. The molecule has 3 N–H and O–H groups in total. The second-order valence-corrected chi connectivity index (χ2v) is 3.26. The number of ether oxygens (including phenoxy) is 1. The van der Waals surface area contributed by atoms with Crippen LogP contribution in [0.3, 0.4) is 0 Å². The third kappa shape index (κ3) is 2.69. The third-order valence-corrected chi connectivity index (χ3v) is 2.23. The fourth-order valence-electron chi connectivity index (χ4n) is 1.25. The maximum Gasteiger partial charge on any atom is 0.328 e. The van der Waals surface area contributed by atoms with Crippen molar-refractivity contribution >= 4 is 5.69 Å². The molecule has 1 unspecified atom stereocenters. The number of nitrogens with one attached hydrogen (secondary N) is 1. The minimum Gasteiger partial charge on any atom is -0.393 e. The Morgan fingerprint density at radius 2 is 2.27 bits per heavy atom. The van der Waals surface area contributed by atoms with Crippen molar-refractivity contribution in [3.8, 4) is 0 Å². The van der Waals surface area contributed by atoms with Crippen LogP contribution in [0.2, 0.25) is 0 Å². The van der Waals surface area contributed by atoms with Crippen molar-refractivity contribution in [2.75, 3.05) is 12.8 Å². The van der Waals surface area contributed by atoms with Gasteiger partial charge in [0, 0.05) is 13.3 Å². The number of aromatic amines is 1. The van der Waals surface area contributed by atoms with Gasteiger partial charge >= 0.3 is 5.69 Å². The Morgan fingerprint density at radius 3 is 2.80 bits per heavy atom. The second kappa shape index (κ2) is 4.79. The Hall–Kier alpha value is -1.56. The number of anilines is 1. The van der Waals surface area contributed by atoms with E-state index >= 15 is 0 Å². The van der Waals surface area contributed by atoms with Gasteiger partial charge in [-0.2, -0.15) is 0 Å². The van der Waals surface area contributed by atoms with Gasteiger partial charge in [-0.05, 0) is 6.42 Å². The third-order valence-electron chi connectivity index (χ3n) is 2.23. The van der Waals surface area contributed by atoms with Crippen molar-refractivity contribution < 1.29 is 4.74 Å². The molecule has 0 saturated carbocycles. The van der Waals surface area contributed by atoms with E-state index in [2.05, 4.69) is 4.98 Å². The molecule has 0 fully saturated rings.